The SMILES string of the molecule is O=S(=O)(O)c1ccc(Cl)cc1Cl.[H-].[Na+]. The minimum Gasteiger partial charge on any atom is -1.00 e. The second-order valence-electron chi connectivity index (χ2n) is 2.05. The van der Waals surface area contributed by atoms with E-state index in [4.69, 9.17) is 27.8 Å². The third-order valence-corrected chi connectivity index (χ3v) is 2.74. The van der Waals surface area contributed by atoms with Crippen LogP contribution in [0.25, 0.3) is 0 Å². The van der Waals surface area contributed by atoms with Crippen molar-refractivity contribution in [1.29, 1.82) is 0 Å². The molecule has 0 aliphatic heterocycles. The predicted octanol–water partition coefficient (Wildman–Crippen LogP) is -0.643. The Labute approximate surface area is 110 Å². The molecule has 1 aromatic rings. The first kappa shape index (κ1) is 13.7. The van der Waals surface area contributed by atoms with Gasteiger partial charge in [-0.1, -0.05) is 23.2 Å². The molecule has 0 bridgehead atoms. The summed E-state index contributed by atoms with van der Waals surface area (Å²) in [5, 5.41) is 0.220. The van der Waals surface area contributed by atoms with Gasteiger partial charge in [-0.3, -0.25) is 4.55 Å². The number of halogens is 2. The van der Waals surface area contributed by atoms with Crippen LogP contribution in [-0.2, 0) is 10.1 Å². The van der Waals surface area contributed by atoms with Gasteiger partial charge in [0, 0.05) is 5.02 Å². The van der Waals surface area contributed by atoms with Gasteiger partial charge in [-0.15, -0.1) is 0 Å². The van der Waals surface area contributed by atoms with E-state index in [-0.39, 0.29) is 40.9 Å². The van der Waals surface area contributed by atoms with Gasteiger partial charge in [-0.25, -0.2) is 0 Å². The summed E-state index contributed by atoms with van der Waals surface area (Å²) in [7, 11) is -4.24. The van der Waals surface area contributed by atoms with Crippen LogP contribution in [0.3, 0.4) is 0 Å². The normalized spacial score (nSPS) is 10.7. The van der Waals surface area contributed by atoms with Gasteiger partial charge in [-0.05, 0) is 18.2 Å². The number of hydrogen-bond acceptors (Lipinski definition) is 2. The summed E-state index contributed by atoms with van der Waals surface area (Å²) in [6.07, 6.45) is 0. The molecule has 0 saturated carbocycles. The van der Waals surface area contributed by atoms with Gasteiger partial charge < -0.3 is 1.43 Å². The van der Waals surface area contributed by atoms with E-state index in [1.807, 2.05) is 0 Å². The van der Waals surface area contributed by atoms with Crippen LogP contribution in [-0.4, -0.2) is 13.0 Å². The van der Waals surface area contributed by atoms with Crippen LogP contribution >= 0.6 is 23.2 Å². The Balaban J connectivity index is 0. The van der Waals surface area contributed by atoms with Crippen LogP contribution in [0.2, 0.25) is 10.0 Å². The molecule has 0 fully saturated rings. The Bertz CT molecular complexity index is 410. The van der Waals surface area contributed by atoms with Gasteiger partial charge in [-0.2, -0.15) is 8.42 Å². The van der Waals surface area contributed by atoms with E-state index in [1.54, 1.807) is 0 Å². The largest absolute Gasteiger partial charge is 1.00 e. The number of benzene rings is 1. The fraction of sp³-hybridized carbons (Fsp3) is 0. The molecule has 0 saturated heterocycles. The van der Waals surface area contributed by atoms with Gasteiger partial charge in [0.25, 0.3) is 10.1 Å². The monoisotopic (exact) mass is 250 g/mol. The van der Waals surface area contributed by atoms with Gasteiger partial charge in [0.2, 0.25) is 0 Å². The summed E-state index contributed by atoms with van der Waals surface area (Å²) in [4.78, 5) is -0.339. The van der Waals surface area contributed by atoms with E-state index in [0.29, 0.717) is 5.02 Å². The third kappa shape index (κ3) is 3.75. The molecule has 0 unspecified atom stereocenters. The minimum absolute atomic E-state index is 0. The van der Waals surface area contributed by atoms with Gasteiger partial charge in [0.1, 0.15) is 4.90 Å². The maximum Gasteiger partial charge on any atom is 1.00 e. The molecule has 0 heterocycles. The summed E-state index contributed by atoms with van der Waals surface area (Å²) >= 11 is 11.0. The molecule has 0 aromatic heterocycles. The Morgan fingerprint density at radius 1 is 1.31 bits per heavy atom. The molecule has 1 aromatic carbocycles. The van der Waals surface area contributed by atoms with Crippen molar-refractivity contribution in [3.8, 4) is 0 Å². The zero-order chi connectivity index (χ0) is 9.35. The van der Waals surface area contributed by atoms with Crippen molar-refractivity contribution in [3.05, 3.63) is 28.2 Å². The molecule has 3 nitrogen and oxygen atoms in total. The predicted molar refractivity (Wildman–Crippen MR) is 47.4 cm³/mol. The standard InChI is InChI=1S/C6H4Cl2O3S.Na.H/c7-4-1-2-6(5(8)3-4)12(9,10)11;;/h1-3H,(H,9,10,11);;/q;+1;-1. The van der Waals surface area contributed by atoms with Crippen LogP contribution in [0.5, 0.6) is 0 Å². The van der Waals surface area contributed by atoms with Crippen LogP contribution in [0.1, 0.15) is 1.43 Å². The van der Waals surface area contributed by atoms with Crippen molar-refractivity contribution < 1.29 is 44.0 Å². The molecule has 7 heteroatoms. The van der Waals surface area contributed by atoms with Crippen LogP contribution < -0.4 is 29.6 Å². The smallest absolute Gasteiger partial charge is 1.00 e. The molecular formula is C6H5Cl2NaO3S. The average molecular weight is 251 g/mol. The Hall–Kier alpha value is 0.710. The van der Waals surface area contributed by atoms with Gasteiger partial charge in [0.05, 0.1) is 5.02 Å². The van der Waals surface area contributed by atoms with Crippen molar-refractivity contribution in [2.24, 2.45) is 0 Å². The van der Waals surface area contributed by atoms with E-state index in [2.05, 4.69) is 0 Å². The summed E-state index contributed by atoms with van der Waals surface area (Å²) in [5.74, 6) is 0. The molecule has 0 aliphatic carbocycles. The Morgan fingerprint density at radius 2 is 1.85 bits per heavy atom. The van der Waals surface area contributed by atoms with Gasteiger partial charge in [0.15, 0.2) is 0 Å². The zero-order valence-electron chi connectivity index (χ0n) is 7.66. The topological polar surface area (TPSA) is 54.4 Å². The molecule has 0 radical (unpaired) electrons. The first-order valence-electron chi connectivity index (χ1n) is 2.84. The van der Waals surface area contributed by atoms with Crippen molar-refractivity contribution in [3.63, 3.8) is 0 Å². The maximum absolute atomic E-state index is 10.6. The average Bonchev–Trinajstić information content (AvgIpc) is 1.83. The number of rotatable bonds is 1. The van der Waals surface area contributed by atoms with E-state index < -0.39 is 10.1 Å². The van der Waals surface area contributed by atoms with Gasteiger partial charge >= 0.3 is 29.6 Å². The molecule has 0 spiro atoms. The van der Waals surface area contributed by atoms with Crippen molar-refractivity contribution >= 4 is 33.3 Å². The molecule has 0 aliphatic rings. The molecule has 0 atom stereocenters. The maximum atomic E-state index is 10.6. The molecule has 1 rings (SSSR count). The minimum atomic E-state index is -4.24. The van der Waals surface area contributed by atoms with Crippen LogP contribution in [0.4, 0.5) is 0 Å². The van der Waals surface area contributed by atoms with Crippen LogP contribution in [0.15, 0.2) is 23.1 Å². The fourth-order valence-corrected chi connectivity index (χ4v) is 1.93. The van der Waals surface area contributed by atoms with E-state index in [0.717, 1.165) is 6.07 Å². The Morgan fingerprint density at radius 3 is 2.23 bits per heavy atom. The third-order valence-electron chi connectivity index (χ3n) is 1.17. The second kappa shape index (κ2) is 4.98. The van der Waals surface area contributed by atoms with Crippen molar-refractivity contribution in [2.75, 3.05) is 0 Å². The summed E-state index contributed by atoms with van der Waals surface area (Å²) in [5.41, 5.74) is 0. The summed E-state index contributed by atoms with van der Waals surface area (Å²) < 4.78 is 29.8. The zero-order valence-corrected chi connectivity index (χ0v) is 11.0. The molecule has 0 amide bonds. The van der Waals surface area contributed by atoms with Crippen molar-refractivity contribution in [2.45, 2.75) is 4.90 Å². The first-order valence-corrected chi connectivity index (χ1v) is 5.03. The first-order chi connectivity index (χ1) is 5.41. The molecule has 1 N–H and O–H groups in total. The molecule has 68 valence electrons. The fourth-order valence-electron chi connectivity index (χ4n) is 0.684. The quantitative estimate of drug-likeness (QED) is 0.533. The van der Waals surface area contributed by atoms with Crippen molar-refractivity contribution in [1.82, 2.24) is 0 Å². The summed E-state index contributed by atoms with van der Waals surface area (Å²) in [6.45, 7) is 0. The van der Waals surface area contributed by atoms with E-state index in [1.165, 1.54) is 12.1 Å². The second-order valence-corrected chi connectivity index (χ2v) is 4.28. The molecule has 13 heavy (non-hydrogen) atoms. The van der Waals surface area contributed by atoms with E-state index in [9.17, 15) is 8.42 Å². The van der Waals surface area contributed by atoms with E-state index >= 15 is 0 Å². The molecular weight excluding hydrogens is 246 g/mol. The number of hydrogen-bond donors (Lipinski definition) is 1. The Kier molecular flexibility index (Phi) is 5.25. The summed E-state index contributed by atoms with van der Waals surface area (Å²) in [6, 6.07) is 3.71. The van der Waals surface area contributed by atoms with Crippen LogP contribution in [0, 0.1) is 0 Å².